The van der Waals surface area contributed by atoms with E-state index in [0.717, 1.165) is 11.1 Å². The van der Waals surface area contributed by atoms with Crippen LogP contribution in [-0.2, 0) is 0 Å². The molecule has 0 bridgehead atoms. The summed E-state index contributed by atoms with van der Waals surface area (Å²) in [6.07, 6.45) is 7.16. The molecule has 0 aliphatic rings. The van der Waals surface area contributed by atoms with E-state index in [0.29, 0.717) is 0 Å². The van der Waals surface area contributed by atoms with Crippen LogP contribution in [0.25, 0.3) is 0 Å². The zero-order chi connectivity index (χ0) is 9.40. The van der Waals surface area contributed by atoms with Crippen LogP contribution in [0.1, 0.15) is 6.92 Å². The van der Waals surface area contributed by atoms with Crippen LogP contribution < -0.4 is 5.43 Å². The van der Waals surface area contributed by atoms with Gasteiger partial charge in [-0.3, -0.25) is 5.43 Å². The summed E-state index contributed by atoms with van der Waals surface area (Å²) >= 11 is 0. The maximum atomic E-state index is 3.84. The number of nitrogens with zero attached hydrogens (tertiary/aromatic N) is 1. The van der Waals surface area contributed by atoms with Crippen LogP contribution >= 0.6 is 0 Å². The molecule has 0 aliphatic heterocycles. The van der Waals surface area contributed by atoms with Crippen LogP contribution in [0, 0.1) is 0 Å². The molecule has 64 valence electrons. The Balaban J connectivity index is 4.17. The first kappa shape index (κ1) is 10.4. The molecular formula is C10H14N2. The first-order valence-electron chi connectivity index (χ1n) is 3.58. The Kier molecular flexibility index (Phi) is 5.35. The van der Waals surface area contributed by atoms with Gasteiger partial charge in [0.25, 0.3) is 0 Å². The maximum Gasteiger partial charge on any atom is 0.0234 e. The van der Waals surface area contributed by atoms with Gasteiger partial charge in [0.1, 0.15) is 0 Å². The minimum atomic E-state index is 0.922. The predicted molar refractivity (Wildman–Crippen MR) is 54.9 cm³/mol. The van der Waals surface area contributed by atoms with Gasteiger partial charge in [-0.15, -0.1) is 0 Å². The van der Waals surface area contributed by atoms with Gasteiger partial charge in [0.05, 0.1) is 0 Å². The first-order chi connectivity index (χ1) is 5.72. The van der Waals surface area contributed by atoms with E-state index in [1.807, 2.05) is 19.1 Å². The molecule has 0 aromatic rings. The Morgan fingerprint density at radius 2 is 2.17 bits per heavy atom. The van der Waals surface area contributed by atoms with E-state index in [2.05, 4.69) is 30.4 Å². The van der Waals surface area contributed by atoms with E-state index in [4.69, 9.17) is 0 Å². The molecule has 0 unspecified atom stereocenters. The monoisotopic (exact) mass is 162 g/mol. The molecule has 1 N–H and O–H groups in total. The summed E-state index contributed by atoms with van der Waals surface area (Å²) in [4.78, 5) is 0. The third kappa shape index (κ3) is 4.28. The molecular weight excluding hydrogens is 148 g/mol. The molecule has 0 aromatic heterocycles. The summed E-state index contributed by atoms with van der Waals surface area (Å²) in [6.45, 7) is 12.6. The van der Waals surface area contributed by atoms with E-state index in [9.17, 15) is 0 Å². The smallest absolute Gasteiger partial charge is 0.0234 e. The number of nitrogens with one attached hydrogen (secondary N) is 1. The number of hydrogen-bond acceptors (Lipinski definition) is 2. The molecule has 0 fully saturated rings. The number of hydrogen-bond donors (Lipinski definition) is 1. The highest BCUT2D eigenvalue weighted by Gasteiger charge is 1.89. The summed E-state index contributed by atoms with van der Waals surface area (Å²) in [5.41, 5.74) is 4.57. The minimum Gasteiger partial charge on any atom is -0.286 e. The van der Waals surface area contributed by atoms with Crippen LogP contribution in [0.2, 0.25) is 0 Å². The Morgan fingerprint density at radius 3 is 2.67 bits per heavy atom. The van der Waals surface area contributed by atoms with Crippen molar-refractivity contribution in [2.45, 2.75) is 6.92 Å². The molecule has 0 spiro atoms. The van der Waals surface area contributed by atoms with Crippen LogP contribution in [0.15, 0.2) is 53.8 Å². The fourth-order valence-electron chi connectivity index (χ4n) is 0.551. The molecule has 0 rings (SSSR count). The van der Waals surface area contributed by atoms with Crippen LogP contribution in [0.5, 0.6) is 0 Å². The van der Waals surface area contributed by atoms with E-state index in [1.54, 1.807) is 12.3 Å². The standard InChI is InChI=1S/C10H14N2/c1-5-6-7-9(2)10(3)8-12-11-4/h5-8,12H,1-2,4H2,3H3/b7-6-,10-8+. The van der Waals surface area contributed by atoms with Gasteiger partial charge < -0.3 is 0 Å². The van der Waals surface area contributed by atoms with Crippen molar-refractivity contribution >= 4 is 6.72 Å². The number of hydrazone groups is 1. The predicted octanol–water partition coefficient (Wildman–Crippen LogP) is 2.39. The van der Waals surface area contributed by atoms with Gasteiger partial charge in [0, 0.05) is 12.9 Å². The van der Waals surface area contributed by atoms with E-state index in [-0.39, 0.29) is 0 Å². The Hall–Kier alpha value is -1.57. The van der Waals surface area contributed by atoms with Gasteiger partial charge in [-0.2, -0.15) is 5.10 Å². The van der Waals surface area contributed by atoms with Crippen molar-refractivity contribution in [1.29, 1.82) is 0 Å². The van der Waals surface area contributed by atoms with E-state index >= 15 is 0 Å². The largest absolute Gasteiger partial charge is 0.286 e. The molecule has 0 heterocycles. The summed E-state index contributed by atoms with van der Waals surface area (Å²) in [5.74, 6) is 0. The average molecular weight is 162 g/mol. The summed E-state index contributed by atoms with van der Waals surface area (Å²) in [7, 11) is 0. The van der Waals surface area contributed by atoms with Gasteiger partial charge >= 0.3 is 0 Å². The second kappa shape index (κ2) is 6.16. The molecule has 12 heavy (non-hydrogen) atoms. The van der Waals surface area contributed by atoms with Crippen LogP contribution in [0.4, 0.5) is 0 Å². The lowest BCUT2D eigenvalue weighted by Crippen LogP contribution is -1.93. The average Bonchev–Trinajstić information content (AvgIpc) is 2.10. The molecule has 0 aromatic carbocycles. The zero-order valence-electron chi connectivity index (χ0n) is 7.38. The third-order valence-electron chi connectivity index (χ3n) is 1.31. The summed E-state index contributed by atoms with van der Waals surface area (Å²) < 4.78 is 0. The normalized spacial score (nSPS) is 11.2. The SMILES string of the molecule is C=C/C=C\C(=C)/C(C)=C/NN=C. The lowest BCUT2D eigenvalue weighted by Gasteiger charge is -1.98. The highest BCUT2D eigenvalue weighted by molar-refractivity contribution is 5.36. The van der Waals surface area contributed by atoms with Gasteiger partial charge in [0.2, 0.25) is 0 Å². The second-order valence-corrected chi connectivity index (χ2v) is 2.23. The summed E-state index contributed by atoms with van der Waals surface area (Å²) in [6, 6.07) is 0. The van der Waals surface area contributed by atoms with Crippen molar-refractivity contribution in [3.63, 3.8) is 0 Å². The molecule has 2 heteroatoms. The van der Waals surface area contributed by atoms with Crippen LogP contribution in [-0.4, -0.2) is 6.72 Å². The van der Waals surface area contributed by atoms with Gasteiger partial charge in [0.15, 0.2) is 0 Å². The molecule has 0 saturated heterocycles. The minimum absolute atomic E-state index is 0.922. The van der Waals surface area contributed by atoms with Crippen molar-refractivity contribution < 1.29 is 0 Å². The molecule has 0 saturated carbocycles. The molecule has 0 radical (unpaired) electrons. The molecule has 0 amide bonds. The van der Waals surface area contributed by atoms with Crippen molar-refractivity contribution in [2.75, 3.05) is 0 Å². The second-order valence-electron chi connectivity index (χ2n) is 2.23. The number of allylic oxidation sites excluding steroid dienone is 5. The van der Waals surface area contributed by atoms with Crippen molar-refractivity contribution in [2.24, 2.45) is 5.10 Å². The van der Waals surface area contributed by atoms with Gasteiger partial charge in [-0.05, 0) is 18.1 Å². The Labute approximate surface area is 73.7 Å². The quantitative estimate of drug-likeness (QED) is 0.374. The lowest BCUT2D eigenvalue weighted by atomic mass is 10.1. The van der Waals surface area contributed by atoms with Gasteiger partial charge in [-0.25, -0.2) is 0 Å². The fourth-order valence-corrected chi connectivity index (χ4v) is 0.551. The first-order valence-corrected chi connectivity index (χ1v) is 3.58. The lowest BCUT2D eigenvalue weighted by molar-refractivity contribution is 0.968. The Morgan fingerprint density at radius 1 is 1.50 bits per heavy atom. The van der Waals surface area contributed by atoms with Crippen molar-refractivity contribution in [1.82, 2.24) is 5.43 Å². The van der Waals surface area contributed by atoms with Crippen molar-refractivity contribution in [3.8, 4) is 0 Å². The summed E-state index contributed by atoms with van der Waals surface area (Å²) in [5, 5.41) is 3.48. The molecule has 0 aliphatic carbocycles. The molecule has 2 nitrogen and oxygen atoms in total. The van der Waals surface area contributed by atoms with Crippen LogP contribution in [0.3, 0.4) is 0 Å². The van der Waals surface area contributed by atoms with Gasteiger partial charge in [-0.1, -0.05) is 31.4 Å². The highest BCUT2D eigenvalue weighted by atomic mass is 15.3. The van der Waals surface area contributed by atoms with Crippen molar-refractivity contribution in [3.05, 3.63) is 48.7 Å². The topological polar surface area (TPSA) is 24.4 Å². The number of rotatable bonds is 5. The van der Waals surface area contributed by atoms with E-state index in [1.165, 1.54) is 0 Å². The molecule has 0 atom stereocenters. The maximum absolute atomic E-state index is 3.84. The third-order valence-corrected chi connectivity index (χ3v) is 1.31. The fraction of sp³-hybridized carbons (Fsp3) is 0.100. The highest BCUT2D eigenvalue weighted by Crippen LogP contribution is 2.06. The Bertz CT molecular complexity index is 234. The zero-order valence-corrected chi connectivity index (χ0v) is 7.38. The van der Waals surface area contributed by atoms with E-state index < -0.39 is 0 Å².